The van der Waals surface area contributed by atoms with Gasteiger partial charge < -0.3 is 30.6 Å². The third-order valence-corrected chi connectivity index (χ3v) is 6.46. The fourth-order valence-electron chi connectivity index (χ4n) is 4.33. The predicted molar refractivity (Wildman–Crippen MR) is 136 cm³/mol. The van der Waals surface area contributed by atoms with Crippen molar-refractivity contribution >= 4 is 40.1 Å². The van der Waals surface area contributed by atoms with Gasteiger partial charge in [-0.05, 0) is 35.9 Å². The normalized spacial score (nSPS) is 14.0. The molecule has 0 saturated carbocycles. The number of carbonyl (C=O) groups excluding carboxylic acids is 2. The molecule has 3 heterocycles. The number of nitrogens with one attached hydrogen (secondary N) is 3. The summed E-state index contributed by atoms with van der Waals surface area (Å²) in [7, 11) is 0. The number of carbonyl (C=O) groups is 2. The first-order chi connectivity index (χ1) is 17.8. The number of nitrogens with zero attached hydrogens (tertiary/aromatic N) is 2. The number of hydrogen-bond donors (Lipinski definition) is 6. The molecule has 0 fully saturated rings. The Kier molecular flexibility index (Phi) is 6.52. The van der Waals surface area contributed by atoms with Crippen molar-refractivity contribution in [1.82, 2.24) is 19.9 Å². The molecule has 12 heteroatoms. The molecule has 1 aliphatic rings. The molecule has 1 atom stereocenters. The van der Waals surface area contributed by atoms with Gasteiger partial charge in [-0.3, -0.25) is 19.3 Å². The molecule has 190 valence electrons. The molecular formula is C25H22ClN5O6. The summed E-state index contributed by atoms with van der Waals surface area (Å²) >= 11 is 6.01. The van der Waals surface area contributed by atoms with E-state index in [1.165, 1.54) is 18.3 Å². The molecule has 5 rings (SSSR count). The maximum absolute atomic E-state index is 12.8. The van der Waals surface area contributed by atoms with E-state index < -0.39 is 42.7 Å². The van der Waals surface area contributed by atoms with Crippen LogP contribution in [-0.4, -0.2) is 72.8 Å². The van der Waals surface area contributed by atoms with E-state index >= 15 is 0 Å². The van der Waals surface area contributed by atoms with Crippen LogP contribution in [0.1, 0.15) is 32.4 Å². The lowest BCUT2D eigenvalue weighted by molar-refractivity contribution is 0.0418. The first-order valence-electron chi connectivity index (χ1n) is 11.3. The van der Waals surface area contributed by atoms with Crippen LogP contribution >= 0.6 is 11.6 Å². The number of aliphatic hydroxyl groups is 3. The summed E-state index contributed by atoms with van der Waals surface area (Å²) in [6, 6.07) is 10.3. The van der Waals surface area contributed by atoms with E-state index in [2.05, 4.69) is 20.3 Å². The molecule has 0 aliphatic carbocycles. The van der Waals surface area contributed by atoms with Crippen LogP contribution in [0, 0.1) is 0 Å². The molecule has 0 spiro atoms. The van der Waals surface area contributed by atoms with Crippen LogP contribution in [0.4, 0.5) is 5.69 Å². The Hall–Kier alpha value is -4.03. The molecule has 37 heavy (non-hydrogen) atoms. The number of pyridine rings is 1. The summed E-state index contributed by atoms with van der Waals surface area (Å²) in [5.41, 5.74) is 1.69. The first kappa shape index (κ1) is 24.7. The maximum atomic E-state index is 12.8. The topological polar surface area (TPSA) is 172 Å². The van der Waals surface area contributed by atoms with E-state index in [0.29, 0.717) is 27.3 Å². The highest BCUT2D eigenvalue weighted by Crippen LogP contribution is 2.31. The monoisotopic (exact) mass is 523 g/mol. The number of benzene rings is 2. The Morgan fingerprint density at radius 3 is 2.46 bits per heavy atom. The van der Waals surface area contributed by atoms with Gasteiger partial charge in [0.25, 0.3) is 17.4 Å². The molecule has 2 aromatic heterocycles. The quantitative estimate of drug-likeness (QED) is 0.189. The van der Waals surface area contributed by atoms with E-state index in [-0.39, 0.29) is 29.1 Å². The van der Waals surface area contributed by atoms with Gasteiger partial charge in [0.2, 0.25) is 0 Å². The number of aromatic amines is 2. The van der Waals surface area contributed by atoms with Crippen molar-refractivity contribution in [3.63, 3.8) is 0 Å². The van der Waals surface area contributed by atoms with Crippen LogP contribution in [0.3, 0.4) is 0 Å². The van der Waals surface area contributed by atoms with E-state index in [9.17, 15) is 29.7 Å². The minimum Gasteiger partial charge on any atom is -0.394 e. The second-order valence-electron chi connectivity index (χ2n) is 8.55. The van der Waals surface area contributed by atoms with Crippen molar-refractivity contribution in [2.24, 2.45) is 0 Å². The molecule has 0 radical (unpaired) electrons. The second-order valence-corrected chi connectivity index (χ2v) is 8.98. The number of hydrogen-bond acceptors (Lipinski definition) is 8. The van der Waals surface area contributed by atoms with Gasteiger partial charge in [0, 0.05) is 17.8 Å². The molecule has 4 aromatic rings. The Morgan fingerprint density at radius 2 is 1.76 bits per heavy atom. The molecule has 2 aromatic carbocycles. The number of halogens is 1. The number of imidazole rings is 1. The van der Waals surface area contributed by atoms with Crippen molar-refractivity contribution in [1.29, 1.82) is 0 Å². The molecule has 6 N–H and O–H groups in total. The Labute approximate surface area is 214 Å². The highest BCUT2D eigenvalue weighted by atomic mass is 35.5. The van der Waals surface area contributed by atoms with Crippen LogP contribution in [0.25, 0.3) is 22.4 Å². The molecule has 11 nitrogen and oxygen atoms in total. The molecule has 0 saturated heterocycles. The molecule has 1 unspecified atom stereocenters. The number of amides is 2. The minimum atomic E-state index is -1.05. The lowest BCUT2D eigenvalue weighted by Gasteiger charge is -2.21. The van der Waals surface area contributed by atoms with Gasteiger partial charge in [-0.25, -0.2) is 4.98 Å². The number of aromatic nitrogens is 3. The molecule has 2 amide bonds. The fraction of sp³-hybridized carbons (Fsp3) is 0.200. The fourth-order valence-corrected chi connectivity index (χ4v) is 4.53. The first-order valence-corrected chi connectivity index (χ1v) is 11.7. The second kappa shape index (κ2) is 9.79. The summed E-state index contributed by atoms with van der Waals surface area (Å²) in [5.74, 6) is -1.09. The van der Waals surface area contributed by atoms with Crippen molar-refractivity contribution in [2.75, 3.05) is 25.1 Å². The summed E-state index contributed by atoms with van der Waals surface area (Å²) in [4.78, 5) is 49.4. The minimum absolute atomic E-state index is 0.0844. The molecule has 0 bridgehead atoms. The van der Waals surface area contributed by atoms with Crippen LogP contribution in [0.5, 0.6) is 0 Å². The lowest BCUT2D eigenvalue weighted by Crippen LogP contribution is -2.44. The highest BCUT2D eigenvalue weighted by molar-refractivity contribution is 6.30. The Balaban J connectivity index is 1.47. The average molecular weight is 524 g/mol. The zero-order valence-electron chi connectivity index (χ0n) is 19.2. The van der Waals surface area contributed by atoms with Gasteiger partial charge in [0.05, 0.1) is 53.2 Å². The largest absolute Gasteiger partial charge is 0.394 e. The summed E-state index contributed by atoms with van der Waals surface area (Å²) < 4.78 is 0. The van der Waals surface area contributed by atoms with Gasteiger partial charge in [0.1, 0.15) is 11.4 Å². The van der Waals surface area contributed by atoms with Crippen molar-refractivity contribution in [3.05, 3.63) is 80.7 Å². The number of aliphatic hydroxyl groups excluding tert-OH is 3. The number of imide groups is 1. The Bertz CT molecular complexity index is 1520. The number of rotatable bonds is 8. The molecular weight excluding hydrogens is 502 g/mol. The van der Waals surface area contributed by atoms with Crippen LogP contribution in [0.15, 0.2) is 53.5 Å². The molecule has 1 aliphatic heterocycles. The summed E-state index contributed by atoms with van der Waals surface area (Å²) in [6.07, 6.45) is 0.563. The summed E-state index contributed by atoms with van der Waals surface area (Å²) in [5, 5.41) is 33.0. The number of H-pyrrole nitrogens is 2. The summed E-state index contributed by atoms with van der Waals surface area (Å²) in [6.45, 7) is -1.05. The third kappa shape index (κ3) is 4.38. The van der Waals surface area contributed by atoms with E-state index in [4.69, 9.17) is 11.6 Å². The Morgan fingerprint density at radius 1 is 1.03 bits per heavy atom. The van der Waals surface area contributed by atoms with Gasteiger partial charge in [-0.2, -0.15) is 0 Å². The average Bonchev–Trinajstić information content (AvgIpc) is 3.40. The van der Waals surface area contributed by atoms with Crippen LogP contribution in [-0.2, 0) is 0 Å². The zero-order chi connectivity index (χ0) is 26.3. The highest BCUT2D eigenvalue weighted by Gasteiger charge is 2.40. The van der Waals surface area contributed by atoms with Gasteiger partial charge in [-0.15, -0.1) is 0 Å². The van der Waals surface area contributed by atoms with Crippen molar-refractivity contribution in [2.45, 2.75) is 12.1 Å². The van der Waals surface area contributed by atoms with Crippen molar-refractivity contribution in [3.8, 4) is 11.4 Å². The lowest BCUT2D eigenvalue weighted by atomic mass is 10.1. The SMILES string of the molecule is O=C1c2cc3nc(-c4c(NCC(O)c5cccc(Cl)c5)cc[nH]c4=O)[nH]c3cc2C(=O)N1C(CO)CO. The van der Waals surface area contributed by atoms with Crippen molar-refractivity contribution < 1.29 is 24.9 Å². The number of fused-ring (bicyclic) bond motifs is 2. The van der Waals surface area contributed by atoms with Gasteiger partial charge in [-0.1, -0.05) is 23.7 Å². The van der Waals surface area contributed by atoms with Crippen LogP contribution < -0.4 is 10.9 Å². The standard InChI is InChI=1S/C25H22ClN5O6/c26-13-3-1-2-12(6-13)20(34)9-28-17-4-5-27-23(35)21(17)22-29-18-7-15-16(8-19(18)30-22)25(37)31(24(15)36)14(10-32)11-33/h1-8,14,20,32-34H,9-11H2,(H,29,30)(H2,27,28,35). The van der Waals surface area contributed by atoms with E-state index in [1.54, 1.807) is 30.3 Å². The van der Waals surface area contributed by atoms with Gasteiger partial charge >= 0.3 is 0 Å². The predicted octanol–water partition coefficient (Wildman–Crippen LogP) is 1.67. The van der Waals surface area contributed by atoms with Crippen LogP contribution in [0.2, 0.25) is 5.02 Å². The van der Waals surface area contributed by atoms with Gasteiger partial charge in [0.15, 0.2) is 0 Å². The maximum Gasteiger partial charge on any atom is 0.262 e. The number of anilines is 1. The van der Waals surface area contributed by atoms with E-state index in [0.717, 1.165) is 4.90 Å². The zero-order valence-corrected chi connectivity index (χ0v) is 20.0. The third-order valence-electron chi connectivity index (χ3n) is 6.22. The smallest absolute Gasteiger partial charge is 0.262 e. The van der Waals surface area contributed by atoms with E-state index in [1.807, 2.05) is 0 Å².